The van der Waals surface area contributed by atoms with E-state index in [9.17, 15) is 4.79 Å². The molecule has 1 N–H and O–H groups in total. The summed E-state index contributed by atoms with van der Waals surface area (Å²) in [6.07, 6.45) is 2.97. The van der Waals surface area contributed by atoms with Gasteiger partial charge in [-0.05, 0) is 6.07 Å². The van der Waals surface area contributed by atoms with Gasteiger partial charge in [0.25, 0.3) is 5.91 Å². The van der Waals surface area contributed by atoms with Gasteiger partial charge in [-0.3, -0.25) is 9.89 Å². The van der Waals surface area contributed by atoms with Gasteiger partial charge in [0.1, 0.15) is 12.6 Å². The van der Waals surface area contributed by atoms with E-state index in [0.29, 0.717) is 35.1 Å². The fourth-order valence-electron chi connectivity index (χ4n) is 2.21. The van der Waals surface area contributed by atoms with Crippen LogP contribution in [0.3, 0.4) is 0 Å². The van der Waals surface area contributed by atoms with Gasteiger partial charge in [-0.15, -0.1) is 0 Å². The number of aromatic nitrogens is 4. The first-order chi connectivity index (χ1) is 10.6. The quantitative estimate of drug-likeness (QED) is 0.796. The van der Waals surface area contributed by atoms with Gasteiger partial charge in [0.2, 0.25) is 0 Å². The number of benzene rings is 1. The first-order valence-corrected chi connectivity index (χ1v) is 6.76. The molecule has 1 aromatic carbocycles. The van der Waals surface area contributed by atoms with Crippen molar-refractivity contribution in [2.45, 2.75) is 13.5 Å². The topological polar surface area (TPSA) is 87.9 Å². The van der Waals surface area contributed by atoms with E-state index in [4.69, 9.17) is 4.42 Å². The Labute approximate surface area is 127 Å². The van der Waals surface area contributed by atoms with E-state index >= 15 is 0 Å². The highest BCUT2D eigenvalue weighted by Gasteiger charge is 2.18. The lowest BCUT2D eigenvalue weighted by Crippen LogP contribution is -2.27. The Morgan fingerprint density at radius 1 is 1.36 bits per heavy atom. The first kappa shape index (κ1) is 14.0. The number of aromatic amines is 1. The number of hydrogen-bond acceptors (Lipinski definition) is 5. The van der Waals surface area contributed by atoms with Crippen molar-refractivity contribution in [3.8, 4) is 11.4 Å². The number of H-pyrrole nitrogens is 1. The number of nitrogens with one attached hydrogen (secondary N) is 1. The fourth-order valence-corrected chi connectivity index (χ4v) is 2.21. The maximum atomic E-state index is 12.7. The molecule has 0 fully saturated rings. The summed E-state index contributed by atoms with van der Waals surface area (Å²) in [6, 6.07) is 7.28. The van der Waals surface area contributed by atoms with Crippen LogP contribution in [0.1, 0.15) is 21.9 Å². The fraction of sp³-hybridized carbons (Fsp3) is 0.200. The van der Waals surface area contributed by atoms with Crippen LogP contribution in [0.4, 0.5) is 0 Å². The third-order valence-corrected chi connectivity index (χ3v) is 3.24. The molecule has 2 aromatic heterocycles. The Morgan fingerprint density at radius 3 is 2.86 bits per heavy atom. The highest BCUT2D eigenvalue weighted by molar-refractivity contribution is 5.99. The summed E-state index contributed by atoms with van der Waals surface area (Å²) in [5, 5.41) is 6.61. The molecule has 2 heterocycles. The Kier molecular flexibility index (Phi) is 3.69. The van der Waals surface area contributed by atoms with Crippen molar-refractivity contribution in [3.05, 3.63) is 54.0 Å². The average Bonchev–Trinajstić information content (AvgIpc) is 3.18. The van der Waals surface area contributed by atoms with Gasteiger partial charge in [-0.25, -0.2) is 9.97 Å². The number of rotatable bonds is 4. The SMILES string of the molecule is Cc1nc(CN(C)C(=O)c2ccccc2-c2ncn[nH]2)co1. The van der Waals surface area contributed by atoms with E-state index < -0.39 is 0 Å². The van der Waals surface area contributed by atoms with Crippen LogP contribution in [-0.2, 0) is 6.54 Å². The average molecular weight is 297 g/mol. The molecule has 0 unspecified atom stereocenters. The van der Waals surface area contributed by atoms with E-state index in [0.717, 1.165) is 0 Å². The zero-order chi connectivity index (χ0) is 15.5. The minimum Gasteiger partial charge on any atom is -0.449 e. The summed E-state index contributed by atoms with van der Waals surface area (Å²) in [6.45, 7) is 2.14. The lowest BCUT2D eigenvalue weighted by molar-refractivity contribution is 0.0784. The largest absolute Gasteiger partial charge is 0.449 e. The summed E-state index contributed by atoms with van der Waals surface area (Å²) in [4.78, 5) is 22.6. The smallest absolute Gasteiger partial charge is 0.254 e. The zero-order valence-corrected chi connectivity index (χ0v) is 12.3. The van der Waals surface area contributed by atoms with Crippen LogP contribution in [0.25, 0.3) is 11.4 Å². The van der Waals surface area contributed by atoms with Crippen molar-refractivity contribution in [2.75, 3.05) is 7.05 Å². The van der Waals surface area contributed by atoms with E-state index in [1.54, 1.807) is 31.2 Å². The summed E-state index contributed by atoms with van der Waals surface area (Å²) < 4.78 is 5.16. The standard InChI is InChI=1S/C15H15N5O2/c1-10-18-11(8-22-10)7-20(2)15(21)13-6-4-3-5-12(13)14-16-9-17-19-14/h3-6,8-9H,7H2,1-2H3,(H,16,17,19). The minimum absolute atomic E-state index is 0.118. The maximum absolute atomic E-state index is 12.7. The number of carbonyl (C=O) groups excluding carboxylic acids is 1. The Bertz CT molecular complexity index is 779. The molecule has 112 valence electrons. The van der Waals surface area contributed by atoms with Crippen molar-refractivity contribution >= 4 is 5.91 Å². The highest BCUT2D eigenvalue weighted by Crippen LogP contribution is 2.21. The Morgan fingerprint density at radius 2 is 2.18 bits per heavy atom. The molecule has 0 aliphatic heterocycles. The van der Waals surface area contributed by atoms with Crippen LogP contribution in [0.2, 0.25) is 0 Å². The molecule has 7 nitrogen and oxygen atoms in total. The number of hydrogen-bond donors (Lipinski definition) is 1. The first-order valence-electron chi connectivity index (χ1n) is 6.76. The molecular formula is C15H15N5O2. The number of carbonyl (C=O) groups is 1. The van der Waals surface area contributed by atoms with Crippen molar-refractivity contribution in [1.29, 1.82) is 0 Å². The van der Waals surface area contributed by atoms with Crippen molar-refractivity contribution in [1.82, 2.24) is 25.1 Å². The molecule has 0 radical (unpaired) electrons. The molecule has 0 aliphatic rings. The summed E-state index contributed by atoms with van der Waals surface area (Å²) in [5.74, 6) is 1.03. The van der Waals surface area contributed by atoms with Crippen molar-refractivity contribution in [3.63, 3.8) is 0 Å². The predicted molar refractivity (Wildman–Crippen MR) is 78.9 cm³/mol. The third-order valence-electron chi connectivity index (χ3n) is 3.24. The van der Waals surface area contributed by atoms with Gasteiger partial charge in [0.05, 0.1) is 17.8 Å². The van der Waals surface area contributed by atoms with Crippen LogP contribution >= 0.6 is 0 Å². The van der Waals surface area contributed by atoms with Gasteiger partial charge >= 0.3 is 0 Å². The highest BCUT2D eigenvalue weighted by atomic mass is 16.3. The summed E-state index contributed by atoms with van der Waals surface area (Å²) >= 11 is 0. The van der Waals surface area contributed by atoms with Gasteiger partial charge in [0.15, 0.2) is 11.7 Å². The molecular weight excluding hydrogens is 282 g/mol. The van der Waals surface area contributed by atoms with E-state index in [1.165, 1.54) is 6.33 Å². The number of aryl methyl sites for hydroxylation is 1. The van der Waals surface area contributed by atoms with Gasteiger partial charge in [-0.2, -0.15) is 5.10 Å². The molecule has 0 atom stereocenters. The Balaban J connectivity index is 1.86. The van der Waals surface area contributed by atoms with Gasteiger partial charge in [-0.1, -0.05) is 18.2 Å². The lowest BCUT2D eigenvalue weighted by Gasteiger charge is -2.17. The molecule has 7 heteroatoms. The van der Waals surface area contributed by atoms with E-state index in [1.807, 2.05) is 18.2 Å². The monoisotopic (exact) mass is 297 g/mol. The van der Waals surface area contributed by atoms with Gasteiger partial charge < -0.3 is 9.32 Å². The zero-order valence-electron chi connectivity index (χ0n) is 12.3. The third kappa shape index (κ3) is 2.73. The lowest BCUT2D eigenvalue weighted by atomic mass is 10.1. The molecule has 3 aromatic rings. The predicted octanol–water partition coefficient (Wildman–Crippen LogP) is 2.04. The Hall–Kier alpha value is -2.96. The molecule has 1 amide bonds. The molecule has 0 saturated heterocycles. The van der Waals surface area contributed by atoms with Crippen LogP contribution in [0.15, 0.2) is 41.3 Å². The van der Waals surface area contributed by atoms with E-state index in [-0.39, 0.29) is 5.91 Å². The minimum atomic E-state index is -0.118. The second-order valence-electron chi connectivity index (χ2n) is 4.90. The summed E-state index contributed by atoms with van der Waals surface area (Å²) in [7, 11) is 1.73. The second kappa shape index (κ2) is 5.80. The number of amides is 1. The molecule has 3 rings (SSSR count). The molecule has 22 heavy (non-hydrogen) atoms. The molecule has 0 saturated carbocycles. The second-order valence-corrected chi connectivity index (χ2v) is 4.90. The molecule has 0 bridgehead atoms. The summed E-state index contributed by atoms with van der Waals surface area (Å²) in [5.41, 5.74) is 1.99. The van der Waals surface area contributed by atoms with E-state index in [2.05, 4.69) is 20.2 Å². The number of oxazole rings is 1. The maximum Gasteiger partial charge on any atom is 0.254 e. The van der Waals surface area contributed by atoms with Crippen molar-refractivity contribution < 1.29 is 9.21 Å². The number of nitrogens with zero attached hydrogens (tertiary/aromatic N) is 4. The van der Waals surface area contributed by atoms with Crippen LogP contribution in [0.5, 0.6) is 0 Å². The van der Waals surface area contributed by atoms with Gasteiger partial charge in [0, 0.05) is 19.5 Å². The van der Waals surface area contributed by atoms with Crippen LogP contribution in [0, 0.1) is 6.92 Å². The molecule has 0 spiro atoms. The molecule has 0 aliphatic carbocycles. The van der Waals surface area contributed by atoms with Crippen LogP contribution in [-0.4, -0.2) is 38.0 Å². The van der Waals surface area contributed by atoms with Crippen molar-refractivity contribution in [2.24, 2.45) is 0 Å². The van der Waals surface area contributed by atoms with Crippen LogP contribution < -0.4 is 0 Å². The normalized spacial score (nSPS) is 10.6.